The van der Waals surface area contributed by atoms with Crippen molar-refractivity contribution in [1.82, 2.24) is 0 Å². The normalized spacial score (nSPS) is 10.2. The highest BCUT2D eigenvalue weighted by molar-refractivity contribution is 5.92. The Morgan fingerprint density at radius 2 is 1.84 bits per heavy atom. The number of nitrogen functional groups attached to an aromatic ring is 1. The van der Waals surface area contributed by atoms with Crippen LogP contribution in [0.2, 0.25) is 0 Å². The Labute approximate surface area is 112 Å². The molecule has 0 atom stereocenters. The van der Waals surface area contributed by atoms with E-state index in [4.69, 9.17) is 16.2 Å². The molecule has 2 aromatic rings. The first-order valence-corrected chi connectivity index (χ1v) is 5.94. The van der Waals surface area contributed by atoms with Crippen LogP contribution >= 0.6 is 0 Å². The van der Waals surface area contributed by atoms with Crippen LogP contribution in [0.15, 0.2) is 42.5 Å². The molecule has 2 aromatic carbocycles. The van der Waals surface area contributed by atoms with Gasteiger partial charge in [-0.25, -0.2) is 0 Å². The molecule has 1 amide bonds. The van der Waals surface area contributed by atoms with Crippen LogP contribution in [-0.4, -0.2) is 5.91 Å². The van der Waals surface area contributed by atoms with Gasteiger partial charge in [0, 0.05) is 17.3 Å². The molecule has 0 heterocycles. The SMILES string of the molecule is Cc1ccc(N)cc1OCc1ccc(C(N)=O)cc1. The standard InChI is InChI=1S/C15H16N2O2/c1-10-2-7-13(16)8-14(10)19-9-11-3-5-12(6-4-11)15(17)18/h2-8H,9,16H2,1H3,(H2,17,18). The minimum absolute atomic E-state index is 0.420. The zero-order valence-electron chi connectivity index (χ0n) is 10.7. The van der Waals surface area contributed by atoms with E-state index in [9.17, 15) is 4.79 Å². The molecule has 0 unspecified atom stereocenters. The third kappa shape index (κ3) is 3.25. The van der Waals surface area contributed by atoms with Crippen LogP contribution in [0.25, 0.3) is 0 Å². The second-order valence-electron chi connectivity index (χ2n) is 4.37. The van der Waals surface area contributed by atoms with Crippen LogP contribution in [0.5, 0.6) is 5.75 Å². The van der Waals surface area contributed by atoms with Crippen molar-refractivity contribution in [3.8, 4) is 5.75 Å². The zero-order chi connectivity index (χ0) is 13.8. The molecule has 0 bridgehead atoms. The summed E-state index contributed by atoms with van der Waals surface area (Å²) < 4.78 is 5.71. The van der Waals surface area contributed by atoms with E-state index in [1.165, 1.54) is 0 Å². The topological polar surface area (TPSA) is 78.3 Å². The summed E-state index contributed by atoms with van der Waals surface area (Å²) in [4.78, 5) is 11.0. The Bertz CT molecular complexity index is 592. The molecular weight excluding hydrogens is 240 g/mol. The van der Waals surface area contributed by atoms with E-state index < -0.39 is 5.91 Å². The van der Waals surface area contributed by atoms with E-state index >= 15 is 0 Å². The van der Waals surface area contributed by atoms with Crippen molar-refractivity contribution < 1.29 is 9.53 Å². The lowest BCUT2D eigenvalue weighted by molar-refractivity contribution is 0.1000. The number of nitrogens with two attached hydrogens (primary N) is 2. The number of benzene rings is 2. The van der Waals surface area contributed by atoms with Gasteiger partial charge < -0.3 is 16.2 Å². The molecule has 0 fully saturated rings. The van der Waals surface area contributed by atoms with E-state index in [0.717, 1.165) is 16.9 Å². The molecule has 0 spiro atoms. The van der Waals surface area contributed by atoms with Crippen LogP contribution in [0, 0.1) is 6.92 Å². The first kappa shape index (κ1) is 13.0. The molecule has 0 saturated heterocycles. The Kier molecular flexibility index (Phi) is 3.71. The number of carbonyl (C=O) groups excluding carboxylic acids is 1. The quantitative estimate of drug-likeness (QED) is 0.823. The minimum atomic E-state index is -0.431. The number of hydrogen-bond donors (Lipinski definition) is 2. The van der Waals surface area contributed by atoms with Crippen molar-refractivity contribution in [3.05, 3.63) is 59.2 Å². The molecule has 0 aliphatic heterocycles. The molecular formula is C15H16N2O2. The van der Waals surface area contributed by atoms with Gasteiger partial charge in [0.2, 0.25) is 5.91 Å². The lowest BCUT2D eigenvalue weighted by atomic mass is 10.1. The van der Waals surface area contributed by atoms with Gasteiger partial charge in [-0.15, -0.1) is 0 Å². The Morgan fingerprint density at radius 3 is 2.47 bits per heavy atom. The lowest BCUT2D eigenvalue weighted by Crippen LogP contribution is -2.10. The van der Waals surface area contributed by atoms with Gasteiger partial charge in [0.15, 0.2) is 0 Å². The maximum Gasteiger partial charge on any atom is 0.248 e. The highest BCUT2D eigenvalue weighted by atomic mass is 16.5. The molecule has 4 nitrogen and oxygen atoms in total. The summed E-state index contributed by atoms with van der Waals surface area (Å²) in [5.41, 5.74) is 14.1. The number of ether oxygens (including phenoxy) is 1. The minimum Gasteiger partial charge on any atom is -0.489 e. The van der Waals surface area contributed by atoms with Crippen molar-refractivity contribution in [2.45, 2.75) is 13.5 Å². The van der Waals surface area contributed by atoms with E-state index in [-0.39, 0.29) is 0 Å². The van der Waals surface area contributed by atoms with Crippen LogP contribution in [0.1, 0.15) is 21.5 Å². The molecule has 4 N–H and O–H groups in total. The second-order valence-corrected chi connectivity index (χ2v) is 4.37. The maximum absolute atomic E-state index is 11.0. The average molecular weight is 256 g/mol. The smallest absolute Gasteiger partial charge is 0.248 e. The summed E-state index contributed by atoms with van der Waals surface area (Å²) in [6.07, 6.45) is 0. The Morgan fingerprint density at radius 1 is 1.16 bits per heavy atom. The van der Waals surface area contributed by atoms with Crippen LogP contribution in [0.3, 0.4) is 0 Å². The number of aryl methyl sites for hydroxylation is 1. The first-order valence-electron chi connectivity index (χ1n) is 5.94. The van der Waals surface area contributed by atoms with Crippen molar-refractivity contribution >= 4 is 11.6 Å². The van der Waals surface area contributed by atoms with Crippen molar-refractivity contribution in [2.75, 3.05) is 5.73 Å². The fourth-order valence-corrected chi connectivity index (χ4v) is 1.70. The summed E-state index contributed by atoms with van der Waals surface area (Å²) in [7, 11) is 0. The van der Waals surface area contributed by atoms with Gasteiger partial charge in [0.25, 0.3) is 0 Å². The highest BCUT2D eigenvalue weighted by Crippen LogP contribution is 2.21. The number of amides is 1. The average Bonchev–Trinajstić information content (AvgIpc) is 2.40. The van der Waals surface area contributed by atoms with Crippen molar-refractivity contribution in [2.24, 2.45) is 5.73 Å². The molecule has 0 saturated carbocycles. The summed E-state index contributed by atoms with van der Waals surface area (Å²) in [6.45, 7) is 2.38. The van der Waals surface area contributed by atoms with E-state index in [0.29, 0.717) is 17.9 Å². The maximum atomic E-state index is 11.0. The Balaban J connectivity index is 2.06. The van der Waals surface area contributed by atoms with Crippen molar-refractivity contribution in [1.29, 1.82) is 0 Å². The molecule has 98 valence electrons. The molecule has 0 aliphatic rings. The molecule has 2 rings (SSSR count). The summed E-state index contributed by atoms with van der Waals surface area (Å²) in [5.74, 6) is 0.332. The van der Waals surface area contributed by atoms with Crippen LogP contribution in [0.4, 0.5) is 5.69 Å². The summed E-state index contributed by atoms with van der Waals surface area (Å²) >= 11 is 0. The predicted octanol–water partition coefficient (Wildman–Crippen LogP) is 2.26. The van der Waals surface area contributed by atoms with Crippen LogP contribution < -0.4 is 16.2 Å². The molecule has 4 heteroatoms. The van der Waals surface area contributed by atoms with Gasteiger partial charge >= 0.3 is 0 Å². The number of hydrogen-bond acceptors (Lipinski definition) is 3. The van der Waals surface area contributed by atoms with E-state index in [1.54, 1.807) is 18.2 Å². The third-order valence-electron chi connectivity index (χ3n) is 2.84. The Hall–Kier alpha value is -2.49. The van der Waals surface area contributed by atoms with Gasteiger partial charge in [-0.2, -0.15) is 0 Å². The number of rotatable bonds is 4. The van der Waals surface area contributed by atoms with Gasteiger partial charge in [0.05, 0.1) is 0 Å². The monoisotopic (exact) mass is 256 g/mol. The molecule has 19 heavy (non-hydrogen) atoms. The highest BCUT2D eigenvalue weighted by Gasteiger charge is 2.03. The second kappa shape index (κ2) is 5.44. The van der Waals surface area contributed by atoms with Gasteiger partial charge in [-0.3, -0.25) is 4.79 Å². The van der Waals surface area contributed by atoms with Crippen molar-refractivity contribution in [3.63, 3.8) is 0 Å². The van der Waals surface area contributed by atoms with Gasteiger partial charge in [-0.05, 0) is 36.2 Å². The molecule has 0 aliphatic carbocycles. The molecule has 0 aromatic heterocycles. The fourth-order valence-electron chi connectivity index (χ4n) is 1.70. The first-order chi connectivity index (χ1) is 9.06. The third-order valence-corrected chi connectivity index (χ3v) is 2.84. The van der Waals surface area contributed by atoms with Crippen LogP contribution in [-0.2, 0) is 6.61 Å². The van der Waals surface area contributed by atoms with Gasteiger partial charge in [0.1, 0.15) is 12.4 Å². The predicted molar refractivity (Wildman–Crippen MR) is 74.9 cm³/mol. The van der Waals surface area contributed by atoms with Gasteiger partial charge in [-0.1, -0.05) is 18.2 Å². The number of anilines is 1. The largest absolute Gasteiger partial charge is 0.489 e. The zero-order valence-corrected chi connectivity index (χ0v) is 10.7. The number of primary amides is 1. The molecule has 0 radical (unpaired) electrons. The summed E-state index contributed by atoms with van der Waals surface area (Å²) in [5, 5.41) is 0. The van der Waals surface area contributed by atoms with E-state index in [1.807, 2.05) is 31.2 Å². The lowest BCUT2D eigenvalue weighted by Gasteiger charge is -2.10. The number of carbonyl (C=O) groups is 1. The fraction of sp³-hybridized carbons (Fsp3) is 0.133. The summed E-state index contributed by atoms with van der Waals surface area (Å²) in [6, 6.07) is 12.6. The van der Waals surface area contributed by atoms with E-state index in [2.05, 4.69) is 0 Å².